The van der Waals surface area contributed by atoms with Crippen LogP contribution in [0.5, 0.6) is 5.75 Å². The first-order valence-electron chi connectivity index (χ1n) is 10.7. The largest absolute Gasteiger partial charge is 0.483 e. The van der Waals surface area contributed by atoms with Crippen LogP contribution in [0.3, 0.4) is 0 Å². The van der Waals surface area contributed by atoms with Gasteiger partial charge in [-0.2, -0.15) is 0 Å². The van der Waals surface area contributed by atoms with Gasteiger partial charge >= 0.3 is 0 Å². The van der Waals surface area contributed by atoms with E-state index in [9.17, 15) is 14.0 Å². The van der Waals surface area contributed by atoms with Crippen LogP contribution in [0.4, 0.5) is 4.39 Å². The fourth-order valence-electron chi connectivity index (χ4n) is 3.31. The Hall–Kier alpha value is -2.89. The predicted octanol–water partition coefficient (Wildman–Crippen LogP) is 4.40. The first-order valence-corrected chi connectivity index (χ1v) is 10.7. The zero-order chi connectivity index (χ0) is 23.0. The summed E-state index contributed by atoms with van der Waals surface area (Å²) in [6.45, 7) is 10.4. The summed E-state index contributed by atoms with van der Waals surface area (Å²) in [5.41, 5.74) is 2.80. The minimum atomic E-state index is -0.640. The van der Waals surface area contributed by atoms with E-state index in [1.54, 1.807) is 12.1 Å². The Balaban J connectivity index is 2.20. The normalized spacial score (nSPS) is 11.8. The van der Waals surface area contributed by atoms with Crippen LogP contribution in [0.25, 0.3) is 0 Å². The van der Waals surface area contributed by atoms with Crippen LogP contribution in [0, 0.1) is 25.6 Å². The standard InChI is InChI=1S/C25H33FN2O3/c1-6-22(25(30)27-14-17(2)3)28(15-20-8-10-21(26)11-9-20)24(29)16-31-23-12-7-18(4)13-19(23)5/h7-13,17,22H,6,14-16H2,1-5H3,(H,27,30)/t22-/m0/s1. The number of carbonyl (C=O) groups is 2. The lowest BCUT2D eigenvalue weighted by atomic mass is 10.1. The van der Waals surface area contributed by atoms with Crippen molar-refractivity contribution in [2.75, 3.05) is 13.2 Å². The summed E-state index contributed by atoms with van der Waals surface area (Å²) in [5, 5.41) is 2.92. The molecule has 2 rings (SSSR count). The number of benzene rings is 2. The van der Waals surface area contributed by atoms with Gasteiger partial charge in [0.15, 0.2) is 6.61 Å². The maximum Gasteiger partial charge on any atom is 0.261 e. The Bertz CT molecular complexity index is 881. The second kappa shape index (κ2) is 11.5. The summed E-state index contributed by atoms with van der Waals surface area (Å²) < 4.78 is 19.1. The molecule has 5 nitrogen and oxygen atoms in total. The molecule has 168 valence electrons. The molecule has 0 aliphatic rings. The molecule has 0 aliphatic carbocycles. The zero-order valence-electron chi connectivity index (χ0n) is 19.1. The number of hydrogen-bond donors (Lipinski definition) is 1. The molecule has 0 aromatic heterocycles. The number of nitrogens with zero attached hydrogens (tertiary/aromatic N) is 1. The number of ether oxygens (including phenoxy) is 1. The Morgan fingerprint density at radius 2 is 1.77 bits per heavy atom. The van der Waals surface area contributed by atoms with Gasteiger partial charge in [-0.1, -0.05) is 50.6 Å². The molecule has 0 spiro atoms. The van der Waals surface area contributed by atoms with Gasteiger partial charge in [0.05, 0.1) is 0 Å². The Kier molecular flexibility index (Phi) is 9.03. The molecule has 0 radical (unpaired) electrons. The van der Waals surface area contributed by atoms with E-state index in [4.69, 9.17) is 4.74 Å². The maximum atomic E-state index is 13.3. The first kappa shape index (κ1) is 24.4. The van der Waals surface area contributed by atoms with Gasteiger partial charge in [-0.25, -0.2) is 4.39 Å². The third-order valence-corrected chi connectivity index (χ3v) is 5.02. The van der Waals surface area contributed by atoms with Gasteiger partial charge in [0.25, 0.3) is 5.91 Å². The molecule has 0 bridgehead atoms. The van der Waals surface area contributed by atoms with Crippen LogP contribution < -0.4 is 10.1 Å². The van der Waals surface area contributed by atoms with E-state index in [2.05, 4.69) is 5.32 Å². The summed E-state index contributed by atoms with van der Waals surface area (Å²) in [4.78, 5) is 27.5. The lowest BCUT2D eigenvalue weighted by Crippen LogP contribution is -2.50. The molecule has 0 unspecified atom stereocenters. The molecule has 2 aromatic rings. The van der Waals surface area contributed by atoms with Crippen LogP contribution in [0.2, 0.25) is 0 Å². The van der Waals surface area contributed by atoms with Crippen molar-refractivity contribution in [3.05, 3.63) is 65.0 Å². The van der Waals surface area contributed by atoms with Crippen LogP contribution in [0.15, 0.2) is 42.5 Å². The van der Waals surface area contributed by atoms with Gasteiger partial charge in [-0.3, -0.25) is 9.59 Å². The molecule has 0 saturated heterocycles. The quantitative estimate of drug-likeness (QED) is 0.610. The number of halogens is 1. The van der Waals surface area contributed by atoms with E-state index < -0.39 is 6.04 Å². The van der Waals surface area contributed by atoms with Gasteiger partial charge < -0.3 is 15.0 Å². The van der Waals surface area contributed by atoms with E-state index in [0.717, 1.165) is 16.7 Å². The molecule has 2 aromatic carbocycles. The molecule has 31 heavy (non-hydrogen) atoms. The molecule has 0 fully saturated rings. The minimum absolute atomic E-state index is 0.181. The van der Waals surface area contributed by atoms with Crippen LogP contribution in [0.1, 0.15) is 43.9 Å². The van der Waals surface area contributed by atoms with Gasteiger partial charge in [0, 0.05) is 13.1 Å². The third kappa shape index (κ3) is 7.39. The fraction of sp³-hybridized carbons (Fsp3) is 0.440. The molecule has 0 heterocycles. The average Bonchev–Trinajstić information content (AvgIpc) is 2.72. The summed E-state index contributed by atoms with van der Waals surface area (Å²) in [6.07, 6.45) is 0.459. The average molecular weight is 429 g/mol. The highest BCUT2D eigenvalue weighted by Crippen LogP contribution is 2.20. The summed E-state index contributed by atoms with van der Waals surface area (Å²) >= 11 is 0. The van der Waals surface area contributed by atoms with Crippen molar-refractivity contribution in [2.24, 2.45) is 5.92 Å². The first-order chi connectivity index (χ1) is 14.7. The molecule has 0 aliphatic heterocycles. The zero-order valence-corrected chi connectivity index (χ0v) is 19.1. The van der Waals surface area contributed by atoms with Gasteiger partial charge in [0.2, 0.25) is 5.91 Å². The molecular weight excluding hydrogens is 395 g/mol. The number of rotatable bonds is 10. The molecule has 0 saturated carbocycles. The topological polar surface area (TPSA) is 58.6 Å². The lowest BCUT2D eigenvalue weighted by Gasteiger charge is -2.31. The van der Waals surface area contributed by atoms with Crippen LogP contribution >= 0.6 is 0 Å². The Morgan fingerprint density at radius 3 is 2.35 bits per heavy atom. The predicted molar refractivity (Wildman–Crippen MR) is 120 cm³/mol. The highest BCUT2D eigenvalue weighted by Gasteiger charge is 2.29. The van der Waals surface area contributed by atoms with E-state index in [-0.39, 0.29) is 30.8 Å². The van der Waals surface area contributed by atoms with Crippen molar-refractivity contribution < 1.29 is 18.7 Å². The second-order valence-corrected chi connectivity index (χ2v) is 8.27. The second-order valence-electron chi connectivity index (χ2n) is 8.27. The summed E-state index contributed by atoms with van der Waals surface area (Å²) in [7, 11) is 0. The molecular formula is C25H33FN2O3. The molecule has 2 amide bonds. The van der Waals surface area contributed by atoms with Crippen molar-refractivity contribution in [2.45, 2.75) is 53.6 Å². The van der Waals surface area contributed by atoms with Gasteiger partial charge in [-0.15, -0.1) is 0 Å². The molecule has 6 heteroatoms. The number of aryl methyl sites for hydroxylation is 2. The van der Waals surface area contributed by atoms with Crippen molar-refractivity contribution in [3.63, 3.8) is 0 Å². The summed E-state index contributed by atoms with van der Waals surface area (Å²) in [6, 6.07) is 11.1. The minimum Gasteiger partial charge on any atom is -0.483 e. The number of nitrogens with one attached hydrogen (secondary N) is 1. The smallest absolute Gasteiger partial charge is 0.261 e. The van der Waals surface area contributed by atoms with Crippen molar-refractivity contribution in [3.8, 4) is 5.75 Å². The molecule has 1 atom stereocenters. The van der Waals surface area contributed by atoms with E-state index in [1.165, 1.54) is 17.0 Å². The van der Waals surface area contributed by atoms with Crippen LogP contribution in [-0.2, 0) is 16.1 Å². The van der Waals surface area contributed by atoms with E-state index in [1.807, 2.05) is 52.8 Å². The maximum absolute atomic E-state index is 13.3. The van der Waals surface area contributed by atoms with Crippen molar-refractivity contribution in [1.82, 2.24) is 10.2 Å². The highest BCUT2D eigenvalue weighted by atomic mass is 19.1. The highest BCUT2D eigenvalue weighted by molar-refractivity contribution is 5.88. The third-order valence-electron chi connectivity index (χ3n) is 5.02. The number of hydrogen-bond acceptors (Lipinski definition) is 3. The monoisotopic (exact) mass is 428 g/mol. The summed E-state index contributed by atoms with van der Waals surface area (Å²) in [5.74, 6) is 0.101. The number of carbonyl (C=O) groups excluding carboxylic acids is 2. The van der Waals surface area contributed by atoms with Crippen molar-refractivity contribution in [1.29, 1.82) is 0 Å². The Morgan fingerprint density at radius 1 is 1.10 bits per heavy atom. The SMILES string of the molecule is CC[C@@H](C(=O)NCC(C)C)N(Cc1ccc(F)cc1)C(=O)COc1ccc(C)cc1C. The fourth-order valence-corrected chi connectivity index (χ4v) is 3.31. The number of amides is 2. The van der Waals surface area contributed by atoms with Crippen LogP contribution in [-0.4, -0.2) is 35.9 Å². The lowest BCUT2D eigenvalue weighted by molar-refractivity contribution is -0.143. The molecule has 1 N–H and O–H groups in total. The van der Waals surface area contributed by atoms with Gasteiger partial charge in [-0.05, 0) is 55.5 Å². The van der Waals surface area contributed by atoms with E-state index in [0.29, 0.717) is 24.6 Å². The Labute approximate surface area is 184 Å². The van der Waals surface area contributed by atoms with E-state index >= 15 is 0 Å². The van der Waals surface area contributed by atoms with Gasteiger partial charge in [0.1, 0.15) is 17.6 Å². The van der Waals surface area contributed by atoms with Crippen molar-refractivity contribution >= 4 is 11.8 Å².